The molecule has 0 radical (unpaired) electrons. The van der Waals surface area contributed by atoms with Gasteiger partial charge < -0.3 is 4.74 Å². The molecule has 0 fully saturated rings. The lowest BCUT2D eigenvalue weighted by molar-refractivity contribution is -0.123. The SMILES string of the molecule is CCC(=NNC(=O)COc1ccc(Cl)cc1C)c1ccc(Cl)cc1. The number of aryl methyl sites for hydroxylation is 1. The van der Waals surface area contributed by atoms with Crippen molar-refractivity contribution in [3.63, 3.8) is 0 Å². The standard InChI is InChI=1S/C18H18Cl2N2O2/c1-3-16(13-4-6-14(19)7-5-13)21-22-18(23)11-24-17-9-8-15(20)10-12(17)2/h4-10H,3,11H2,1-2H3,(H,22,23). The summed E-state index contributed by atoms with van der Waals surface area (Å²) < 4.78 is 5.48. The summed E-state index contributed by atoms with van der Waals surface area (Å²) in [6.07, 6.45) is 0.680. The number of benzene rings is 2. The zero-order valence-electron chi connectivity index (χ0n) is 13.5. The van der Waals surface area contributed by atoms with E-state index in [-0.39, 0.29) is 12.5 Å². The molecular formula is C18H18Cl2N2O2. The molecule has 2 aromatic carbocycles. The predicted molar refractivity (Wildman–Crippen MR) is 98.1 cm³/mol. The van der Waals surface area contributed by atoms with E-state index in [0.29, 0.717) is 22.2 Å². The average molecular weight is 365 g/mol. The number of amides is 1. The third kappa shape index (κ3) is 5.25. The summed E-state index contributed by atoms with van der Waals surface area (Å²) >= 11 is 11.8. The number of carbonyl (C=O) groups excluding carboxylic acids is 1. The fourth-order valence-electron chi connectivity index (χ4n) is 2.07. The van der Waals surface area contributed by atoms with Crippen molar-refractivity contribution in [1.82, 2.24) is 5.43 Å². The van der Waals surface area contributed by atoms with Crippen molar-refractivity contribution in [2.75, 3.05) is 6.61 Å². The van der Waals surface area contributed by atoms with Crippen LogP contribution in [0.15, 0.2) is 47.6 Å². The number of hydrazone groups is 1. The molecule has 0 aromatic heterocycles. The number of hydrogen-bond donors (Lipinski definition) is 1. The smallest absolute Gasteiger partial charge is 0.277 e. The Kier molecular flexibility index (Phi) is 6.64. The van der Waals surface area contributed by atoms with Crippen LogP contribution in [0.4, 0.5) is 0 Å². The van der Waals surface area contributed by atoms with Gasteiger partial charge in [-0.15, -0.1) is 0 Å². The Hall–Kier alpha value is -2.04. The van der Waals surface area contributed by atoms with E-state index in [1.165, 1.54) is 0 Å². The number of ether oxygens (including phenoxy) is 1. The first-order valence-electron chi connectivity index (χ1n) is 7.50. The van der Waals surface area contributed by atoms with E-state index < -0.39 is 0 Å². The quantitative estimate of drug-likeness (QED) is 0.600. The van der Waals surface area contributed by atoms with Crippen molar-refractivity contribution in [3.8, 4) is 5.75 Å². The van der Waals surface area contributed by atoms with E-state index in [1.807, 2.05) is 26.0 Å². The normalized spacial score (nSPS) is 11.2. The highest BCUT2D eigenvalue weighted by Crippen LogP contribution is 2.21. The van der Waals surface area contributed by atoms with Crippen LogP contribution in [0.25, 0.3) is 0 Å². The summed E-state index contributed by atoms with van der Waals surface area (Å²) in [6.45, 7) is 3.71. The fraction of sp³-hybridized carbons (Fsp3) is 0.222. The molecule has 2 rings (SSSR count). The Morgan fingerprint density at radius 1 is 1.12 bits per heavy atom. The van der Waals surface area contributed by atoms with Gasteiger partial charge in [0.25, 0.3) is 5.91 Å². The Morgan fingerprint density at radius 3 is 2.42 bits per heavy atom. The number of carbonyl (C=O) groups is 1. The lowest BCUT2D eigenvalue weighted by Gasteiger charge is -2.09. The first-order valence-corrected chi connectivity index (χ1v) is 8.25. The van der Waals surface area contributed by atoms with E-state index in [1.54, 1.807) is 30.3 Å². The van der Waals surface area contributed by atoms with Gasteiger partial charge in [-0.3, -0.25) is 4.79 Å². The molecule has 0 unspecified atom stereocenters. The van der Waals surface area contributed by atoms with Crippen molar-refractivity contribution in [2.24, 2.45) is 5.10 Å². The molecule has 1 amide bonds. The zero-order chi connectivity index (χ0) is 17.5. The van der Waals surface area contributed by atoms with Crippen molar-refractivity contribution < 1.29 is 9.53 Å². The highest BCUT2D eigenvalue weighted by molar-refractivity contribution is 6.31. The van der Waals surface area contributed by atoms with Crippen molar-refractivity contribution in [3.05, 3.63) is 63.6 Å². The molecule has 24 heavy (non-hydrogen) atoms. The van der Waals surface area contributed by atoms with Crippen molar-refractivity contribution >= 4 is 34.8 Å². The van der Waals surface area contributed by atoms with Crippen LogP contribution in [0.2, 0.25) is 10.0 Å². The molecule has 0 aliphatic rings. The van der Waals surface area contributed by atoms with Crippen LogP contribution in [-0.2, 0) is 4.79 Å². The number of hydrogen-bond acceptors (Lipinski definition) is 3. The van der Waals surface area contributed by atoms with Gasteiger partial charge in [-0.2, -0.15) is 5.10 Å². The van der Waals surface area contributed by atoms with Gasteiger partial charge in [0.05, 0.1) is 5.71 Å². The van der Waals surface area contributed by atoms with Gasteiger partial charge in [0, 0.05) is 10.0 Å². The summed E-state index contributed by atoms with van der Waals surface area (Å²) in [5.41, 5.74) is 5.06. The predicted octanol–water partition coefficient (Wildman–Crippen LogP) is 4.61. The van der Waals surface area contributed by atoms with Crippen LogP contribution in [-0.4, -0.2) is 18.2 Å². The number of nitrogens with one attached hydrogen (secondary N) is 1. The molecule has 0 bridgehead atoms. The Bertz CT molecular complexity index is 743. The molecular weight excluding hydrogens is 347 g/mol. The van der Waals surface area contributed by atoms with E-state index in [9.17, 15) is 4.79 Å². The molecule has 1 N–H and O–H groups in total. The highest BCUT2D eigenvalue weighted by atomic mass is 35.5. The van der Waals surface area contributed by atoms with E-state index in [4.69, 9.17) is 27.9 Å². The van der Waals surface area contributed by atoms with Gasteiger partial charge in [0.15, 0.2) is 6.61 Å². The second kappa shape index (κ2) is 8.71. The maximum atomic E-state index is 11.9. The Morgan fingerprint density at radius 2 is 1.79 bits per heavy atom. The molecule has 0 saturated carbocycles. The van der Waals surface area contributed by atoms with Crippen molar-refractivity contribution in [1.29, 1.82) is 0 Å². The summed E-state index contributed by atoms with van der Waals surface area (Å²) in [5, 5.41) is 5.45. The third-order valence-corrected chi connectivity index (χ3v) is 3.81. The van der Waals surface area contributed by atoms with Gasteiger partial charge >= 0.3 is 0 Å². The number of nitrogens with zero attached hydrogens (tertiary/aromatic N) is 1. The van der Waals surface area contributed by atoms with Crippen LogP contribution < -0.4 is 10.2 Å². The second-order valence-electron chi connectivity index (χ2n) is 5.15. The lowest BCUT2D eigenvalue weighted by atomic mass is 10.1. The fourth-order valence-corrected chi connectivity index (χ4v) is 2.42. The summed E-state index contributed by atoms with van der Waals surface area (Å²) in [5.74, 6) is 0.288. The number of halogens is 2. The maximum absolute atomic E-state index is 11.9. The average Bonchev–Trinajstić information content (AvgIpc) is 2.56. The van der Waals surface area contributed by atoms with E-state index >= 15 is 0 Å². The molecule has 0 aliphatic heterocycles. The van der Waals surface area contributed by atoms with Gasteiger partial charge in [-0.1, -0.05) is 42.3 Å². The molecule has 126 valence electrons. The Balaban J connectivity index is 1.94. The maximum Gasteiger partial charge on any atom is 0.277 e. The minimum Gasteiger partial charge on any atom is -0.483 e. The minimum atomic E-state index is -0.329. The summed E-state index contributed by atoms with van der Waals surface area (Å²) in [4.78, 5) is 11.9. The first kappa shape index (κ1) is 18.3. The van der Waals surface area contributed by atoms with Crippen LogP contribution >= 0.6 is 23.2 Å². The topological polar surface area (TPSA) is 50.7 Å². The lowest BCUT2D eigenvalue weighted by Crippen LogP contribution is -2.26. The van der Waals surface area contributed by atoms with Crippen LogP contribution in [0, 0.1) is 6.92 Å². The third-order valence-electron chi connectivity index (χ3n) is 3.32. The molecule has 6 heteroatoms. The monoisotopic (exact) mass is 364 g/mol. The Labute approximate surface area is 151 Å². The molecule has 4 nitrogen and oxygen atoms in total. The van der Waals surface area contributed by atoms with Gasteiger partial charge in [0.2, 0.25) is 0 Å². The van der Waals surface area contributed by atoms with Crippen LogP contribution in [0.3, 0.4) is 0 Å². The van der Waals surface area contributed by atoms with Crippen molar-refractivity contribution in [2.45, 2.75) is 20.3 Å². The highest BCUT2D eigenvalue weighted by Gasteiger charge is 2.06. The zero-order valence-corrected chi connectivity index (χ0v) is 15.0. The van der Waals surface area contributed by atoms with Crippen LogP contribution in [0.5, 0.6) is 5.75 Å². The first-order chi connectivity index (χ1) is 11.5. The molecule has 0 heterocycles. The largest absolute Gasteiger partial charge is 0.483 e. The molecule has 0 saturated heterocycles. The molecule has 2 aromatic rings. The van der Waals surface area contributed by atoms with E-state index in [0.717, 1.165) is 16.8 Å². The van der Waals surface area contributed by atoms with Crippen LogP contribution in [0.1, 0.15) is 24.5 Å². The molecule has 0 aliphatic carbocycles. The number of rotatable bonds is 6. The van der Waals surface area contributed by atoms with Gasteiger partial charge in [0.1, 0.15) is 5.75 Å². The minimum absolute atomic E-state index is 0.121. The van der Waals surface area contributed by atoms with Gasteiger partial charge in [-0.25, -0.2) is 5.43 Å². The van der Waals surface area contributed by atoms with E-state index in [2.05, 4.69) is 10.5 Å². The molecule has 0 spiro atoms. The summed E-state index contributed by atoms with van der Waals surface area (Å²) in [7, 11) is 0. The summed E-state index contributed by atoms with van der Waals surface area (Å²) in [6, 6.07) is 12.5. The molecule has 0 atom stereocenters. The van der Waals surface area contributed by atoms with Gasteiger partial charge in [-0.05, 0) is 54.8 Å². The second-order valence-corrected chi connectivity index (χ2v) is 6.03.